The summed E-state index contributed by atoms with van der Waals surface area (Å²) >= 11 is 0. The molecule has 1 unspecified atom stereocenters. The van der Waals surface area contributed by atoms with Crippen LogP contribution < -0.4 is 10.6 Å². The van der Waals surface area contributed by atoms with Crippen LogP contribution in [-0.2, 0) is 21.3 Å². The van der Waals surface area contributed by atoms with E-state index in [2.05, 4.69) is 0 Å². The summed E-state index contributed by atoms with van der Waals surface area (Å²) in [6, 6.07) is 16.6. The third kappa shape index (κ3) is 3.57. The molecule has 7 heteroatoms. The third-order valence-corrected chi connectivity index (χ3v) is 5.28. The van der Waals surface area contributed by atoms with Gasteiger partial charge >= 0.3 is 0 Å². The maximum absolute atomic E-state index is 11.8. The van der Waals surface area contributed by atoms with Gasteiger partial charge in [0.05, 0.1) is 5.57 Å². The van der Waals surface area contributed by atoms with Crippen LogP contribution in [0.1, 0.15) is 16.4 Å². The van der Waals surface area contributed by atoms with Gasteiger partial charge in [-0.2, -0.15) is 8.42 Å². The van der Waals surface area contributed by atoms with Crippen molar-refractivity contribution in [1.29, 1.82) is 0 Å². The highest BCUT2D eigenvalue weighted by molar-refractivity contribution is 7.86. The van der Waals surface area contributed by atoms with Crippen LogP contribution in [-0.4, -0.2) is 25.4 Å². The average Bonchev–Trinajstić information content (AvgIpc) is 2.58. The van der Waals surface area contributed by atoms with Crippen LogP contribution in [0, 0.1) is 0 Å². The minimum Gasteiger partial charge on any atom is -0.366 e. The second kappa shape index (κ2) is 6.70. The number of para-hydroxylation sites is 1. The van der Waals surface area contributed by atoms with Gasteiger partial charge in [-0.05, 0) is 18.1 Å². The molecular weight excluding hydrogens is 340 g/mol. The molecule has 6 nitrogen and oxygen atoms in total. The van der Waals surface area contributed by atoms with Crippen molar-refractivity contribution in [1.82, 2.24) is 0 Å². The number of carbonyl (C=O) groups is 1. The van der Waals surface area contributed by atoms with Crippen molar-refractivity contribution < 1.29 is 17.8 Å². The second-order valence-electron chi connectivity index (χ2n) is 5.83. The first-order chi connectivity index (χ1) is 11.9. The van der Waals surface area contributed by atoms with Crippen molar-refractivity contribution in [2.75, 3.05) is 11.4 Å². The van der Waals surface area contributed by atoms with Gasteiger partial charge in [-0.25, -0.2) is 0 Å². The summed E-state index contributed by atoms with van der Waals surface area (Å²) in [4.78, 5) is 13.6. The van der Waals surface area contributed by atoms with Crippen molar-refractivity contribution in [2.24, 2.45) is 5.73 Å². The van der Waals surface area contributed by atoms with E-state index in [4.69, 9.17) is 5.73 Å². The van der Waals surface area contributed by atoms with Crippen molar-refractivity contribution >= 4 is 21.7 Å². The first-order valence-electron chi connectivity index (χ1n) is 7.75. The molecule has 0 radical (unpaired) electrons. The van der Waals surface area contributed by atoms with Gasteiger partial charge in [0, 0.05) is 24.0 Å². The van der Waals surface area contributed by atoms with Crippen LogP contribution in [0.3, 0.4) is 0 Å². The monoisotopic (exact) mass is 358 g/mol. The van der Waals surface area contributed by atoms with Gasteiger partial charge in [0.1, 0.15) is 5.25 Å². The molecule has 0 aromatic heterocycles. The maximum Gasteiger partial charge on any atom is 0.276 e. The van der Waals surface area contributed by atoms with Crippen molar-refractivity contribution in [2.45, 2.75) is 11.7 Å². The van der Waals surface area contributed by atoms with Crippen molar-refractivity contribution in [3.8, 4) is 0 Å². The van der Waals surface area contributed by atoms with Gasteiger partial charge < -0.3 is 10.6 Å². The van der Waals surface area contributed by atoms with E-state index in [1.165, 1.54) is 6.20 Å². The summed E-state index contributed by atoms with van der Waals surface area (Å²) in [7, 11) is -4.52. The molecule has 1 heterocycles. The Bertz CT molecular complexity index is 923. The number of benzene rings is 2. The van der Waals surface area contributed by atoms with E-state index in [0.717, 1.165) is 5.56 Å². The quantitative estimate of drug-likeness (QED) is 0.797. The molecule has 3 N–H and O–H groups in total. The molecule has 1 atom stereocenters. The average molecular weight is 358 g/mol. The molecule has 1 aliphatic heterocycles. The summed E-state index contributed by atoms with van der Waals surface area (Å²) < 4.78 is 33.3. The number of nitrogens with two attached hydrogens (primary N) is 1. The predicted octanol–water partition coefficient (Wildman–Crippen LogP) is 2.05. The normalized spacial score (nSPS) is 16.9. The number of hydrogen-bond donors (Lipinski definition) is 2. The molecule has 2 aromatic carbocycles. The number of hydrogen-bond acceptors (Lipinski definition) is 4. The van der Waals surface area contributed by atoms with Gasteiger partial charge in [-0.15, -0.1) is 0 Å². The topological polar surface area (TPSA) is 101 Å². The highest BCUT2D eigenvalue weighted by Crippen LogP contribution is 2.40. The molecule has 0 fully saturated rings. The van der Waals surface area contributed by atoms with Crippen LogP contribution in [0.5, 0.6) is 0 Å². The minimum absolute atomic E-state index is 0.144. The molecule has 0 spiro atoms. The highest BCUT2D eigenvalue weighted by atomic mass is 32.2. The first kappa shape index (κ1) is 17.2. The number of amides is 1. The Morgan fingerprint density at radius 1 is 1.08 bits per heavy atom. The molecule has 1 amide bonds. The second-order valence-corrected chi connectivity index (χ2v) is 7.33. The van der Waals surface area contributed by atoms with Gasteiger partial charge in [0.15, 0.2) is 0 Å². The smallest absolute Gasteiger partial charge is 0.276 e. The Morgan fingerprint density at radius 2 is 1.72 bits per heavy atom. The van der Waals surface area contributed by atoms with Gasteiger partial charge in [0.2, 0.25) is 5.91 Å². The molecule has 0 aliphatic carbocycles. The van der Waals surface area contributed by atoms with E-state index in [1.54, 1.807) is 29.2 Å². The fraction of sp³-hybridized carbons (Fsp3) is 0.167. The Morgan fingerprint density at radius 3 is 2.36 bits per heavy atom. The number of nitrogens with zero attached hydrogens (tertiary/aromatic N) is 1. The molecule has 1 aliphatic rings. The molecule has 25 heavy (non-hydrogen) atoms. The Kier molecular flexibility index (Phi) is 4.61. The first-order valence-corrected chi connectivity index (χ1v) is 9.25. The van der Waals surface area contributed by atoms with Crippen molar-refractivity contribution in [3.05, 3.63) is 77.5 Å². The van der Waals surface area contributed by atoms with E-state index in [9.17, 15) is 17.8 Å². The zero-order valence-corrected chi connectivity index (χ0v) is 14.2. The number of fused-ring (bicyclic) bond motifs is 1. The SMILES string of the molecule is NC(=O)C1=CN(CCc2ccccc2)c2ccccc2C1S(=O)(=O)O. The molecule has 0 saturated carbocycles. The maximum atomic E-state index is 11.8. The van der Waals surface area contributed by atoms with Crippen molar-refractivity contribution in [3.63, 3.8) is 0 Å². The third-order valence-electron chi connectivity index (χ3n) is 4.17. The highest BCUT2D eigenvalue weighted by Gasteiger charge is 2.38. The van der Waals surface area contributed by atoms with Gasteiger partial charge in [-0.1, -0.05) is 48.5 Å². The Labute approximate surface area is 146 Å². The Balaban J connectivity index is 2.01. The summed E-state index contributed by atoms with van der Waals surface area (Å²) in [5, 5.41) is -1.46. The van der Waals surface area contributed by atoms with Crippen LogP contribution in [0.25, 0.3) is 0 Å². The van der Waals surface area contributed by atoms with Gasteiger partial charge in [-0.3, -0.25) is 9.35 Å². The van der Waals surface area contributed by atoms with E-state index in [0.29, 0.717) is 24.2 Å². The fourth-order valence-corrected chi connectivity index (χ4v) is 4.05. The lowest BCUT2D eigenvalue weighted by Crippen LogP contribution is -2.34. The van der Waals surface area contributed by atoms with E-state index >= 15 is 0 Å². The summed E-state index contributed by atoms with van der Waals surface area (Å²) in [5.74, 6) is -0.873. The summed E-state index contributed by atoms with van der Waals surface area (Å²) in [6.07, 6.45) is 2.13. The Hall–Kier alpha value is -2.64. The van der Waals surface area contributed by atoms with Crippen LogP contribution in [0.2, 0.25) is 0 Å². The molecule has 0 saturated heterocycles. The zero-order valence-electron chi connectivity index (χ0n) is 13.4. The number of anilines is 1. The predicted molar refractivity (Wildman–Crippen MR) is 95.5 cm³/mol. The lowest BCUT2D eigenvalue weighted by molar-refractivity contribution is -0.114. The number of primary amides is 1. The lowest BCUT2D eigenvalue weighted by Gasteiger charge is -2.32. The largest absolute Gasteiger partial charge is 0.366 e. The van der Waals surface area contributed by atoms with E-state index in [-0.39, 0.29) is 5.57 Å². The molecule has 3 rings (SSSR count). The van der Waals surface area contributed by atoms with E-state index in [1.807, 2.05) is 30.3 Å². The minimum atomic E-state index is -4.52. The van der Waals surface area contributed by atoms with Gasteiger partial charge in [0.25, 0.3) is 10.1 Å². The summed E-state index contributed by atoms with van der Waals surface area (Å²) in [6.45, 7) is 0.538. The van der Waals surface area contributed by atoms with Crippen LogP contribution in [0.4, 0.5) is 5.69 Å². The van der Waals surface area contributed by atoms with Crippen LogP contribution >= 0.6 is 0 Å². The van der Waals surface area contributed by atoms with Crippen LogP contribution in [0.15, 0.2) is 66.4 Å². The molecule has 0 bridgehead atoms. The zero-order chi connectivity index (χ0) is 18.0. The molecule has 2 aromatic rings. The lowest BCUT2D eigenvalue weighted by atomic mass is 9.98. The summed E-state index contributed by atoms with van der Waals surface area (Å²) in [5.41, 5.74) is 7.32. The fourth-order valence-electron chi connectivity index (χ4n) is 3.04. The molecular formula is C18H18N2O4S. The molecule has 130 valence electrons. The number of carbonyl (C=O) groups excluding carboxylic acids is 1. The number of rotatable bonds is 5. The van der Waals surface area contributed by atoms with E-state index < -0.39 is 21.3 Å². The standard InChI is InChI=1S/C18H18N2O4S/c19-18(21)15-12-20(11-10-13-6-2-1-3-7-13)16-9-5-4-8-14(16)17(15)25(22,23)24/h1-9,12,17H,10-11H2,(H2,19,21)(H,22,23,24).